The van der Waals surface area contributed by atoms with Crippen molar-refractivity contribution in [1.29, 1.82) is 0 Å². The molecule has 0 spiro atoms. The quantitative estimate of drug-likeness (QED) is 0.427. The molecular formula is C19H20N2O6. The largest absolute Gasteiger partial charge is 0.473 e. The molecule has 1 aliphatic carbocycles. The maximum absolute atomic E-state index is 11.0. The minimum absolute atomic E-state index is 0.189. The van der Waals surface area contributed by atoms with Crippen molar-refractivity contribution in [3.63, 3.8) is 0 Å². The van der Waals surface area contributed by atoms with Crippen molar-refractivity contribution in [2.24, 2.45) is 0 Å². The summed E-state index contributed by atoms with van der Waals surface area (Å²) in [6.07, 6.45) is 3.36. The number of hydrogen-bond donors (Lipinski definition) is 3. The predicted molar refractivity (Wildman–Crippen MR) is 97.3 cm³/mol. The van der Waals surface area contributed by atoms with Gasteiger partial charge in [-0.3, -0.25) is 10.1 Å². The van der Waals surface area contributed by atoms with E-state index in [1.54, 1.807) is 12.1 Å². The van der Waals surface area contributed by atoms with E-state index < -0.39 is 11.9 Å². The van der Waals surface area contributed by atoms with Gasteiger partial charge in [-0.25, -0.2) is 9.59 Å². The van der Waals surface area contributed by atoms with Crippen molar-refractivity contribution in [1.82, 2.24) is 5.32 Å². The van der Waals surface area contributed by atoms with Crippen molar-refractivity contribution < 1.29 is 24.7 Å². The van der Waals surface area contributed by atoms with Gasteiger partial charge in [-0.05, 0) is 30.4 Å². The number of aliphatic carboxylic acids is 2. The predicted octanol–water partition coefficient (Wildman–Crippen LogP) is 2.92. The number of fused-ring (bicyclic) bond motifs is 1. The summed E-state index contributed by atoms with van der Waals surface area (Å²) in [5.74, 6) is -3.65. The van der Waals surface area contributed by atoms with Gasteiger partial charge in [0, 0.05) is 24.2 Å². The summed E-state index contributed by atoms with van der Waals surface area (Å²) >= 11 is 0. The van der Waals surface area contributed by atoms with Crippen molar-refractivity contribution >= 4 is 17.6 Å². The van der Waals surface area contributed by atoms with Crippen LogP contribution in [0.3, 0.4) is 0 Å². The molecule has 1 atom stereocenters. The number of nitrogens with zero attached hydrogens (tertiary/aromatic N) is 1. The third-order valence-corrected chi connectivity index (χ3v) is 4.28. The number of nitro benzene ring substituents is 1. The Morgan fingerprint density at radius 1 is 1.07 bits per heavy atom. The smallest absolute Gasteiger partial charge is 0.414 e. The van der Waals surface area contributed by atoms with Crippen molar-refractivity contribution in [3.8, 4) is 0 Å². The van der Waals surface area contributed by atoms with Crippen LogP contribution in [0.4, 0.5) is 5.69 Å². The van der Waals surface area contributed by atoms with Crippen molar-refractivity contribution in [3.05, 3.63) is 75.3 Å². The van der Waals surface area contributed by atoms with Crippen LogP contribution in [0, 0.1) is 10.1 Å². The van der Waals surface area contributed by atoms with E-state index in [1.807, 2.05) is 12.1 Å². The molecule has 8 heteroatoms. The highest BCUT2D eigenvalue weighted by Gasteiger charge is 2.20. The Morgan fingerprint density at radius 3 is 2.37 bits per heavy atom. The summed E-state index contributed by atoms with van der Waals surface area (Å²) in [5, 5.41) is 29.3. The van der Waals surface area contributed by atoms with Crippen LogP contribution in [0.25, 0.3) is 0 Å². The maximum Gasteiger partial charge on any atom is 0.414 e. The third kappa shape index (κ3) is 5.61. The monoisotopic (exact) mass is 372 g/mol. The maximum atomic E-state index is 11.0. The van der Waals surface area contributed by atoms with E-state index in [9.17, 15) is 10.1 Å². The number of carbonyl (C=O) groups is 2. The zero-order valence-electron chi connectivity index (χ0n) is 14.5. The molecule has 0 heterocycles. The normalized spacial score (nSPS) is 15.0. The van der Waals surface area contributed by atoms with Crippen LogP contribution in [0.2, 0.25) is 0 Å². The molecule has 0 amide bonds. The van der Waals surface area contributed by atoms with Crippen LogP contribution >= 0.6 is 0 Å². The Labute approximate surface area is 155 Å². The number of hydrogen-bond acceptors (Lipinski definition) is 5. The Balaban J connectivity index is 0.000000380. The number of benzene rings is 2. The van der Waals surface area contributed by atoms with Gasteiger partial charge in [0.05, 0.1) is 4.92 Å². The molecule has 1 aliphatic rings. The zero-order chi connectivity index (χ0) is 19.8. The molecule has 3 N–H and O–H groups in total. The molecule has 2 aromatic rings. The first-order valence-electron chi connectivity index (χ1n) is 8.40. The SMILES string of the molecule is O=C(O)C(=O)O.O=[N+]([O-])c1ccccc1CNC1CCCc2ccccc21. The van der Waals surface area contributed by atoms with E-state index in [1.165, 1.54) is 11.1 Å². The fourth-order valence-corrected chi connectivity index (χ4v) is 3.04. The highest BCUT2D eigenvalue weighted by atomic mass is 16.6. The van der Waals surface area contributed by atoms with Gasteiger partial charge in [-0.2, -0.15) is 0 Å². The lowest BCUT2D eigenvalue weighted by Crippen LogP contribution is -2.25. The number of carboxylic acid groups (broad SMARTS) is 2. The number of aryl methyl sites for hydroxylation is 1. The highest BCUT2D eigenvalue weighted by Crippen LogP contribution is 2.30. The molecule has 27 heavy (non-hydrogen) atoms. The summed E-state index contributed by atoms with van der Waals surface area (Å²) in [4.78, 5) is 28.9. The molecule has 0 saturated heterocycles. The van der Waals surface area contributed by atoms with Gasteiger partial charge < -0.3 is 15.5 Å². The van der Waals surface area contributed by atoms with Crippen molar-refractivity contribution in [2.45, 2.75) is 31.8 Å². The van der Waals surface area contributed by atoms with Gasteiger partial charge >= 0.3 is 11.9 Å². The zero-order valence-corrected chi connectivity index (χ0v) is 14.5. The lowest BCUT2D eigenvalue weighted by molar-refractivity contribution is -0.385. The molecule has 0 bridgehead atoms. The van der Waals surface area contributed by atoms with Crippen LogP contribution in [0.15, 0.2) is 48.5 Å². The van der Waals surface area contributed by atoms with Crippen molar-refractivity contribution in [2.75, 3.05) is 0 Å². The molecule has 142 valence electrons. The van der Waals surface area contributed by atoms with Gasteiger partial charge in [0.25, 0.3) is 5.69 Å². The molecule has 0 aliphatic heterocycles. The minimum Gasteiger partial charge on any atom is -0.473 e. The second-order valence-electron chi connectivity index (χ2n) is 6.02. The molecule has 3 rings (SSSR count). The van der Waals surface area contributed by atoms with E-state index in [0.29, 0.717) is 6.54 Å². The molecule has 0 saturated carbocycles. The first-order valence-corrected chi connectivity index (χ1v) is 8.40. The van der Waals surface area contributed by atoms with Crippen LogP contribution in [-0.4, -0.2) is 27.1 Å². The summed E-state index contributed by atoms with van der Waals surface area (Å²) in [7, 11) is 0. The summed E-state index contributed by atoms with van der Waals surface area (Å²) in [5.41, 5.74) is 3.66. The standard InChI is InChI=1S/C17H18N2O2.C2H2O4/c20-19(21)17-11-4-2-7-14(17)12-18-16-10-5-8-13-6-1-3-9-15(13)16;3-1(4)2(5)6/h1-4,6-7,9,11,16,18H,5,8,10,12H2;(H,3,4)(H,5,6). The van der Waals surface area contributed by atoms with Gasteiger partial charge in [0.15, 0.2) is 0 Å². The van der Waals surface area contributed by atoms with E-state index in [4.69, 9.17) is 19.8 Å². The number of nitro groups is 1. The van der Waals surface area contributed by atoms with Crippen LogP contribution in [0.5, 0.6) is 0 Å². The second kappa shape index (κ2) is 9.44. The Morgan fingerprint density at radius 2 is 1.70 bits per heavy atom. The molecule has 8 nitrogen and oxygen atoms in total. The van der Waals surface area contributed by atoms with Gasteiger partial charge in [0.2, 0.25) is 0 Å². The number of para-hydroxylation sites is 1. The Hall–Kier alpha value is -3.26. The molecular weight excluding hydrogens is 352 g/mol. The van der Waals surface area contributed by atoms with E-state index in [2.05, 4.69) is 29.6 Å². The molecule has 0 aromatic heterocycles. The summed E-state index contributed by atoms with van der Waals surface area (Å²) in [6, 6.07) is 15.7. The topological polar surface area (TPSA) is 130 Å². The minimum atomic E-state index is -1.82. The first kappa shape index (κ1) is 20.1. The lowest BCUT2D eigenvalue weighted by Gasteiger charge is -2.26. The average molecular weight is 372 g/mol. The van der Waals surface area contributed by atoms with E-state index in [-0.39, 0.29) is 16.7 Å². The highest BCUT2D eigenvalue weighted by molar-refractivity contribution is 6.27. The second-order valence-corrected chi connectivity index (χ2v) is 6.02. The Bertz CT molecular complexity index is 824. The van der Waals surface area contributed by atoms with Gasteiger partial charge in [0.1, 0.15) is 0 Å². The molecule has 0 radical (unpaired) electrons. The van der Waals surface area contributed by atoms with Crippen LogP contribution in [0.1, 0.15) is 35.6 Å². The summed E-state index contributed by atoms with van der Waals surface area (Å²) in [6.45, 7) is 0.524. The van der Waals surface area contributed by atoms with Crippen LogP contribution in [-0.2, 0) is 22.6 Å². The van der Waals surface area contributed by atoms with Crippen LogP contribution < -0.4 is 5.32 Å². The average Bonchev–Trinajstić information content (AvgIpc) is 2.67. The molecule has 1 unspecified atom stereocenters. The fraction of sp³-hybridized carbons (Fsp3) is 0.263. The van der Waals surface area contributed by atoms with E-state index in [0.717, 1.165) is 24.8 Å². The molecule has 0 fully saturated rings. The van der Waals surface area contributed by atoms with Gasteiger partial charge in [-0.1, -0.05) is 42.5 Å². The fourth-order valence-electron chi connectivity index (χ4n) is 3.04. The molecule has 2 aromatic carbocycles. The first-order chi connectivity index (χ1) is 12.9. The third-order valence-electron chi connectivity index (χ3n) is 4.28. The van der Waals surface area contributed by atoms with Gasteiger partial charge in [-0.15, -0.1) is 0 Å². The number of nitrogens with one attached hydrogen (secondary N) is 1. The van der Waals surface area contributed by atoms with E-state index >= 15 is 0 Å². The summed E-state index contributed by atoms with van der Waals surface area (Å²) < 4.78 is 0. The number of carboxylic acids is 2. The Kier molecular flexibility index (Phi) is 7.01. The number of rotatable bonds is 4. The lowest BCUT2D eigenvalue weighted by atomic mass is 9.87.